The summed E-state index contributed by atoms with van der Waals surface area (Å²) >= 11 is 0. The second-order valence-electron chi connectivity index (χ2n) is 8.21. The van der Waals surface area contributed by atoms with Crippen LogP contribution in [-0.2, 0) is 6.42 Å². The van der Waals surface area contributed by atoms with Crippen LogP contribution < -0.4 is 0 Å². The van der Waals surface area contributed by atoms with E-state index < -0.39 is 5.60 Å². The van der Waals surface area contributed by atoms with Crippen LogP contribution in [0.5, 0.6) is 5.75 Å². The van der Waals surface area contributed by atoms with E-state index in [0.717, 1.165) is 38.5 Å². The molecule has 1 aromatic carbocycles. The molecule has 2 N–H and O–H groups in total. The summed E-state index contributed by atoms with van der Waals surface area (Å²) in [6, 6.07) is 5.83. The first kappa shape index (κ1) is 15.8. The molecule has 0 unspecified atom stereocenters. The first-order valence-corrected chi connectivity index (χ1v) is 9.03. The van der Waals surface area contributed by atoms with E-state index in [-0.39, 0.29) is 12.0 Å². The minimum Gasteiger partial charge on any atom is -0.508 e. The van der Waals surface area contributed by atoms with E-state index in [1.165, 1.54) is 11.1 Å². The Balaban J connectivity index is 1.67. The monoisotopic (exact) mass is 327 g/mol. The van der Waals surface area contributed by atoms with Gasteiger partial charge in [-0.25, -0.2) is 0 Å². The topological polar surface area (TPSA) is 89.2 Å². The van der Waals surface area contributed by atoms with Crippen LogP contribution >= 0.6 is 0 Å². The second kappa shape index (κ2) is 5.40. The van der Waals surface area contributed by atoms with Crippen LogP contribution in [-0.4, -0.2) is 22.4 Å². The number of aryl methyl sites for hydroxylation is 1. The van der Waals surface area contributed by atoms with E-state index in [2.05, 4.69) is 23.0 Å². The molecule has 0 saturated heterocycles. The standard InChI is InChI=1S/C19H25N3O2/c1-18-8-6-15-14-5-3-13(23)10-12(14)2-4-16(15)17(18)7-9-19(18,24)11-21-22-20/h3,5,10,15-17,23-24H,2,4,6-9,11H2,1H3/t15-,16-,17+,18+,19-/m1/s1. The van der Waals surface area contributed by atoms with E-state index in [1.54, 1.807) is 0 Å². The molecule has 4 rings (SSSR count). The predicted octanol–water partition coefficient (Wildman–Crippen LogP) is 4.29. The molecule has 5 atom stereocenters. The zero-order chi connectivity index (χ0) is 16.9. The van der Waals surface area contributed by atoms with Crippen molar-refractivity contribution in [1.82, 2.24) is 0 Å². The summed E-state index contributed by atoms with van der Waals surface area (Å²) < 4.78 is 0. The Morgan fingerprint density at radius 2 is 2.12 bits per heavy atom. The maximum atomic E-state index is 11.2. The number of phenolic OH excluding ortho intramolecular Hbond substituents is 1. The van der Waals surface area contributed by atoms with Crippen molar-refractivity contribution in [1.29, 1.82) is 0 Å². The molecule has 0 aromatic heterocycles. The number of benzene rings is 1. The summed E-state index contributed by atoms with van der Waals surface area (Å²) in [5, 5.41) is 24.7. The van der Waals surface area contributed by atoms with E-state index in [1.807, 2.05) is 12.1 Å². The fourth-order valence-electron chi connectivity index (χ4n) is 6.09. The lowest BCUT2D eigenvalue weighted by molar-refractivity contribution is -0.0958. The van der Waals surface area contributed by atoms with Gasteiger partial charge in [-0.1, -0.05) is 18.1 Å². The summed E-state index contributed by atoms with van der Waals surface area (Å²) in [6.45, 7) is 2.40. The van der Waals surface area contributed by atoms with Crippen molar-refractivity contribution in [2.45, 2.75) is 57.0 Å². The summed E-state index contributed by atoms with van der Waals surface area (Å²) in [4.78, 5) is 2.87. The van der Waals surface area contributed by atoms with Crippen molar-refractivity contribution in [2.24, 2.45) is 22.4 Å². The number of fused-ring (bicyclic) bond motifs is 5. The maximum absolute atomic E-state index is 11.2. The Hall–Kier alpha value is -1.71. The molecule has 2 fully saturated rings. The number of phenols is 1. The molecule has 0 radical (unpaired) electrons. The maximum Gasteiger partial charge on any atom is 0.115 e. The number of rotatable bonds is 2. The van der Waals surface area contributed by atoms with Gasteiger partial charge in [0.1, 0.15) is 5.75 Å². The van der Waals surface area contributed by atoms with E-state index in [4.69, 9.17) is 5.53 Å². The highest BCUT2D eigenvalue weighted by Gasteiger charge is 2.61. The fraction of sp³-hybridized carbons (Fsp3) is 0.684. The quantitative estimate of drug-likeness (QED) is 0.482. The average molecular weight is 327 g/mol. The van der Waals surface area contributed by atoms with Crippen LogP contribution in [0.1, 0.15) is 56.1 Å². The van der Waals surface area contributed by atoms with Gasteiger partial charge in [-0.15, -0.1) is 0 Å². The second-order valence-corrected chi connectivity index (χ2v) is 8.21. The largest absolute Gasteiger partial charge is 0.508 e. The highest BCUT2D eigenvalue weighted by molar-refractivity contribution is 5.40. The molecular weight excluding hydrogens is 302 g/mol. The van der Waals surface area contributed by atoms with Crippen molar-refractivity contribution in [3.8, 4) is 5.75 Å². The third-order valence-corrected chi connectivity index (χ3v) is 7.43. The van der Waals surface area contributed by atoms with Gasteiger partial charge in [-0.3, -0.25) is 0 Å². The van der Waals surface area contributed by atoms with Crippen LogP contribution in [0.3, 0.4) is 0 Å². The lowest BCUT2D eigenvalue weighted by Crippen LogP contribution is -2.52. The summed E-state index contributed by atoms with van der Waals surface area (Å²) in [7, 11) is 0. The number of aromatic hydroxyl groups is 1. The summed E-state index contributed by atoms with van der Waals surface area (Å²) in [6.07, 6.45) is 5.91. The van der Waals surface area contributed by atoms with Gasteiger partial charge in [-0.2, -0.15) is 0 Å². The molecule has 24 heavy (non-hydrogen) atoms. The molecule has 3 aliphatic carbocycles. The fourth-order valence-corrected chi connectivity index (χ4v) is 6.09. The lowest BCUT2D eigenvalue weighted by atomic mass is 9.53. The zero-order valence-corrected chi connectivity index (χ0v) is 14.1. The van der Waals surface area contributed by atoms with Gasteiger partial charge in [0.2, 0.25) is 0 Å². The number of azide groups is 1. The van der Waals surface area contributed by atoms with Crippen LogP contribution in [0.15, 0.2) is 23.3 Å². The summed E-state index contributed by atoms with van der Waals surface area (Å²) in [5.74, 6) is 1.96. The van der Waals surface area contributed by atoms with Gasteiger partial charge in [-0.05, 0) is 90.5 Å². The Morgan fingerprint density at radius 3 is 2.92 bits per heavy atom. The lowest BCUT2D eigenvalue weighted by Gasteiger charge is -2.53. The van der Waals surface area contributed by atoms with E-state index in [9.17, 15) is 10.2 Å². The van der Waals surface area contributed by atoms with Crippen molar-refractivity contribution in [3.63, 3.8) is 0 Å². The Labute approximate surface area is 142 Å². The van der Waals surface area contributed by atoms with Crippen LogP contribution in [0.4, 0.5) is 0 Å². The normalized spacial score (nSPS) is 40.2. The molecular formula is C19H25N3O2. The minimum atomic E-state index is -0.857. The smallest absolute Gasteiger partial charge is 0.115 e. The molecule has 5 nitrogen and oxygen atoms in total. The molecule has 5 heteroatoms. The molecule has 2 saturated carbocycles. The zero-order valence-electron chi connectivity index (χ0n) is 14.1. The first-order chi connectivity index (χ1) is 11.5. The molecule has 0 aliphatic heterocycles. The Kier molecular flexibility index (Phi) is 3.55. The van der Waals surface area contributed by atoms with Gasteiger partial charge in [0.05, 0.1) is 12.1 Å². The van der Waals surface area contributed by atoms with Crippen LogP contribution in [0.2, 0.25) is 0 Å². The van der Waals surface area contributed by atoms with Crippen LogP contribution in [0.25, 0.3) is 10.4 Å². The van der Waals surface area contributed by atoms with Crippen LogP contribution in [0, 0.1) is 17.3 Å². The molecule has 0 spiro atoms. The molecule has 128 valence electrons. The molecule has 0 heterocycles. The van der Waals surface area contributed by atoms with Gasteiger partial charge >= 0.3 is 0 Å². The SMILES string of the molecule is C[C@]12CC[C@@H]3c4ccc(O)cc4CC[C@H]3[C@@H]1CC[C@@]2(O)CN=[N+]=[N-]. The van der Waals surface area contributed by atoms with Gasteiger partial charge < -0.3 is 10.2 Å². The van der Waals surface area contributed by atoms with Crippen molar-refractivity contribution in [3.05, 3.63) is 39.8 Å². The number of hydrogen-bond acceptors (Lipinski definition) is 3. The highest BCUT2D eigenvalue weighted by atomic mass is 16.3. The molecule has 3 aliphatic rings. The highest BCUT2D eigenvalue weighted by Crippen LogP contribution is 2.64. The number of nitrogens with zero attached hydrogens (tertiary/aromatic N) is 3. The van der Waals surface area contributed by atoms with Crippen molar-refractivity contribution < 1.29 is 10.2 Å². The van der Waals surface area contributed by atoms with E-state index >= 15 is 0 Å². The third-order valence-electron chi connectivity index (χ3n) is 7.43. The molecule has 0 amide bonds. The van der Waals surface area contributed by atoms with Gasteiger partial charge in [0.15, 0.2) is 0 Å². The Morgan fingerprint density at radius 1 is 1.29 bits per heavy atom. The van der Waals surface area contributed by atoms with Crippen molar-refractivity contribution >= 4 is 0 Å². The summed E-state index contributed by atoms with van der Waals surface area (Å²) in [5.41, 5.74) is 10.3. The molecule has 1 aromatic rings. The molecule has 0 bridgehead atoms. The Bertz CT molecular complexity index is 715. The van der Waals surface area contributed by atoms with E-state index in [0.29, 0.717) is 23.5 Å². The number of aliphatic hydroxyl groups is 1. The number of hydrogen-bond donors (Lipinski definition) is 2. The average Bonchev–Trinajstić information content (AvgIpc) is 2.84. The third kappa shape index (κ3) is 2.08. The van der Waals surface area contributed by atoms with Gasteiger partial charge in [0.25, 0.3) is 0 Å². The van der Waals surface area contributed by atoms with Gasteiger partial charge in [0, 0.05) is 4.91 Å². The van der Waals surface area contributed by atoms with Crippen molar-refractivity contribution in [2.75, 3.05) is 6.54 Å². The minimum absolute atomic E-state index is 0.156. The predicted molar refractivity (Wildman–Crippen MR) is 91.7 cm³/mol. The first-order valence-electron chi connectivity index (χ1n) is 9.03.